The highest BCUT2D eigenvalue weighted by atomic mass is 16.5. The van der Waals surface area contributed by atoms with E-state index in [9.17, 15) is 9.59 Å². The highest BCUT2D eigenvalue weighted by Crippen LogP contribution is 2.30. The Kier molecular flexibility index (Phi) is 4.79. The summed E-state index contributed by atoms with van der Waals surface area (Å²) in [4.78, 5) is 29.2. The summed E-state index contributed by atoms with van der Waals surface area (Å²) in [5, 5.41) is 3.59. The Hall–Kier alpha value is -2.43. The van der Waals surface area contributed by atoms with Gasteiger partial charge < -0.3 is 10.1 Å². The molecule has 1 heterocycles. The molecular formula is C19H22N2O3. The van der Waals surface area contributed by atoms with Crippen molar-refractivity contribution < 1.29 is 14.3 Å². The quantitative estimate of drug-likeness (QED) is 0.858. The number of para-hydroxylation sites is 1. The molecule has 1 aromatic heterocycles. The van der Waals surface area contributed by atoms with Crippen molar-refractivity contribution in [1.29, 1.82) is 0 Å². The second-order valence-corrected chi connectivity index (χ2v) is 6.24. The van der Waals surface area contributed by atoms with Crippen molar-refractivity contribution in [2.45, 2.75) is 45.6 Å². The van der Waals surface area contributed by atoms with Crippen LogP contribution in [0.5, 0.6) is 0 Å². The minimum Gasteiger partial charge on any atom is -0.452 e. The molecule has 0 saturated carbocycles. The Morgan fingerprint density at radius 3 is 2.88 bits per heavy atom. The van der Waals surface area contributed by atoms with E-state index in [1.165, 1.54) is 0 Å². The zero-order chi connectivity index (χ0) is 17.1. The van der Waals surface area contributed by atoms with E-state index >= 15 is 0 Å². The van der Waals surface area contributed by atoms with Gasteiger partial charge in [0.15, 0.2) is 6.61 Å². The fourth-order valence-corrected chi connectivity index (χ4v) is 3.07. The number of amides is 1. The van der Waals surface area contributed by atoms with Gasteiger partial charge in [0.25, 0.3) is 5.91 Å². The average molecular weight is 326 g/mol. The molecule has 2 aromatic rings. The molecule has 0 fully saturated rings. The van der Waals surface area contributed by atoms with Crippen LogP contribution in [0, 0.1) is 0 Å². The number of esters is 1. The number of hydrogen-bond donors (Lipinski definition) is 1. The van der Waals surface area contributed by atoms with Crippen molar-refractivity contribution in [2.75, 3.05) is 6.61 Å². The predicted octanol–water partition coefficient (Wildman–Crippen LogP) is 2.80. The van der Waals surface area contributed by atoms with Gasteiger partial charge in [0.05, 0.1) is 11.1 Å². The second-order valence-electron chi connectivity index (χ2n) is 6.24. The number of carbonyl (C=O) groups is 2. The number of nitrogens with zero attached hydrogens (tertiary/aromatic N) is 1. The van der Waals surface area contributed by atoms with E-state index in [-0.39, 0.29) is 18.6 Å². The number of carbonyl (C=O) groups excluding carboxylic acids is 2. The van der Waals surface area contributed by atoms with E-state index in [4.69, 9.17) is 4.74 Å². The van der Waals surface area contributed by atoms with Crippen LogP contribution in [0.25, 0.3) is 10.9 Å². The first kappa shape index (κ1) is 16.4. The number of aryl methyl sites for hydroxylation is 1. The Labute approximate surface area is 141 Å². The van der Waals surface area contributed by atoms with Crippen LogP contribution in [-0.2, 0) is 22.4 Å². The Bertz CT molecular complexity index is 786. The number of rotatable bonds is 5. The minimum atomic E-state index is -0.439. The van der Waals surface area contributed by atoms with Crippen LogP contribution < -0.4 is 5.32 Å². The molecule has 0 aliphatic heterocycles. The largest absolute Gasteiger partial charge is 0.452 e. The van der Waals surface area contributed by atoms with E-state index < -0.39 is 5.97 Å². The molecular weight excluding hydrogens is 304 g/mol. The van der Waals surface area contributed by atoms with Gasteiger partial charge in [-0.2, -0.15) is 0 Å². The van der Waals surface area contributed by atoms with Gasteiger partial charge in [-0.3, -0.25) is 9.78 Å². The fourth-order valence-electron chi connectivity index (χ4n) is 3.07. The molecule has 24 heavy (non-hydrogen) atoms. The predicted molar refractivity (Wildman–Crippen MR) is 91.9 cm³/mol. The molecule has 0 radical (unpaired) electrons. The lowest BCUT2D eigenvalue weighted by Gasteiger charge is -2.14. The van der Waals surface area contributed by atoms with E-state index in [0.717, 1.165) is 47.8 Å². The van der Waals surface area contributed by atoms with Crippen LogP contribution >= 0.6 is 0 Å². The first-order chi connectivity index (χ1) is 11.6. The molecule has 3 rings (SSSR count). The number of ether oxygens (including phenoxy) is 1. The Balaban J connectivity index is 1.84. The number of pyridine rings is 1. The number of fused-ring (bicyclic) bond motifs is 2. The number of nitrogens with one attached hydrogen (secondary N) is 1. The molecule has 5 heteroatoms. The van der Waals surface area contributed by atoms with Crippen LogP contribution in [0.4, 0.5) is 0 Å². The monoisotopic (exact) mass is 326 g/mol. The molecule has 1 aromatic carbocycles. The molecule has 1 N–H and O–H groups in total. The average Bonchev–Trinajstić information content (AvgIpc) is 3.05. The van der Waals surface area contributed by atoms with Crippen LogP contribution in [0.3, 0.4) is 0 Å². The van der Waals surface area contributed by atoms with Gasteiger partial charge in [0.2, 0.25) is 0 Å². The standard InChI is InChI=1S/C19H22N2O3/c1-3-12(2)20-17(22)11-24-19(23)18-13-7-4-5-9-15(13)21-16-10-6-8-14(16)18/h4-5,7,9,12H,3,6,8,10-11H2,1-2H3,(H,20,22). The summed E-state index contributed by atoms with van der Waals surface area (Å²) in [7, 11) is 0. The van der Waals surface area contributed by atoms with E-state index in [1.807, 2.05) is 38.1 Å². The lowest BCUT2D eigenvalue weighted by molar-refractivity contribution is -0.124. The highest BCUT2D eigenvalue weighted by Gasteiger charge is 2.25. The molecule has 1 amide bonds. The Morgan fingerprint density at radius 2 is 2.08 bits per heavy atom. The van der Waals surface area contributed by atoms with Crippen LogP contribution in [0.2, 0.25) is 0 Å². The molecule has 0 bridgehead atoms. The van der Waals surface area contributed by atoms with Gasteiger partial charge in [0.1, 0.15) is 0 Å². The normalized spacial score (nSPS) is 14.2. The van der Waals surface area contributed by atoms with Gasteiger partial charge in [0, 0.05) is 17.1 Å². The fraction of sp³-hybridized carbons (Fsp3) is 0.421. The van der Waals surface area contributed by atoms with Gasteiger partial charge in [-0.15, -0.1) is 0 Å². The molecule has 1 unspecified atom stereocenters. The molecule has 0 saturated heterocycles. The van der Waals surface area contributed by atoms with Crippen molar-refractivity contribution in [3.05, 3.63) is 41.1 Å². The van der Waals surface area contributed by atoms with Crippen molar-refractivity contribution in [2.24, 2.45) is 0 Å². The van der Waals surface area contributed by atoms with Gasteiger partial charge in [-0.05, 0) is 44.2 Å². The molecule has 126 valence electrons. The van der Waals surface area contributed by atoms with E-state index in [0.29, 0.717) is 5.56 Å². The maximum atomic E-state index is 12.6. The SMILES string of the molecule is CCC(C)NC(=O)COC(=O)c1c2c(nc3ccccc13)CCC2. The summed E-state index contributed by atoms with van der Waals surface area (Å²) in [6, 6.07) is 7.66. The van der Waals surface area contributed by atoms with Gasteiger partial charge >= 0.3 is 5.97 Å². The third kappa shape index (κ3) is 3.25. The third-order valence-corrected chi connectivity index (χ3v) is 4.48. The number of benzene rings is 1. The van der Waals surface area contributed by atoms with Gasteiger partial charge in [-0.1, -0.05) is 25.1 Å². The third-order valence-electron chi connectivity index (χ3n) is 4.48. The molecule has 1 aliphatic carbocycles. The maximum Gasteiger partial charge on any atom is 0.339 e. The first-order valence-electron chi connectivity index (χ1n) is 8.47. The van der Waals surface area contributed by atoms with Gasteiger partial charge in [-0.25, -0.2) is 4.79 Å². The lowest BCUT2D eigenvalue weighted by Crippen LogP contribution is -2.35. The second kappa shape index (κ2) is 6.99. The smallest absolute Gasteiger partial charge is 0.339 e. The molecule has 0 spiro atoms. The summed E-state index contributed by atoms with van der Waals surface area (Å²) >= 11 is 0. The zero-order valence-electron chi connectivity index (χ0n) is 14.1. The summed E-state index contributed by atoms with van der Waals surface area (Å²) < 4.78 is 5.29. The van der Waals surface area contributed by atoms with Crippen LogP contribution in [0.1, 0.15) is 48.3 Å². The summed E-state index contributed by atoms with van der Waals surface area (Å²) in [5.74, 6) is -0.709. The number of hydrogen-bond acceptors (Lipinski definition) is 4. The first-order valence-corrected chi connectivity index (χ1v) is 8.47. The highest BCUT2D eigenvalue weighted by molar-refractivity contribution is 6.05. The summed E-state index contributed by atoms with van der Waals surface area (Å²) in [5.41, 5.74) is 3.32. The lowest BCUT2D eigenvalue weighted by atomic mass is 10.0. The summed E-state index contributed by atoms with van der Waals surface area (Å²) in [6.45, 7) is 3.65. The zero-order valence-corrected chi connectivity index (χ0v) is 14.1. The molecule has 5 nitrogen and oxygen atoms in total. The maximum absolute atomic E-state index is 12.6. The van der Waals surface area contributed by atoms with Crippen LogP contribution in [-0.4, -0.2) is 29.5 Å². The Morgan fingerprint density at radius 1 is 1.29 bits per heavy atom. The van der Waals surface area contributed by atoms with Crippen molar-refractivity contribution in [3.63, 3.8) is 0 Å². The topological polar surface area (TPSA) is 68.3 Å². The molecule has 1 atom stereocenters. The van der Waals surface area contributed by atoms with Crippen LogP contribution in [0.15, 0.2) is 24.3 Å². The minimum absolute atomic E-state index is 0.0715. The van der Waals surface area contributed by atoms with Crippen molar-refractivity contribution >= 4 is 22.8 Å². The van der Waals surface area contributed by atoms with E-state index in [1.54, 1.807) is 0 Å². The van der Waals surface area contributed by atoms with E-state index in [2.05, 4.69) is 10.3 Å². The van der Waals surface area contributed by atoms with Crippen molar-refractivity contribution in [1.82, 2.24) is 10.3 Å². The summed E-state index contributed by atoms with van der Waals surface area (Å²) in [6.07, 6.45) is 3.54. The molecule has 1 aliphatic rings. The van der Waals surface area contributed by atoms with Crippen molar-refractivity contribution in [3.8, 4) is 0 Å². The number of aromatic nitrogens is 1.